The average molecular weight is 399 g/mol. The van der Waals surface area contributed by atoms with Crippen molar-refractivity contribution < 1.29 is 9.59 Å². The number of rotatable bonds is 11. The molecule has 10 nitrogen and oxygen atoms in total. The lowest BCUT2D eigenvalue weighted by Crippen LogP contribution is -2.36. The van der Waals surface area contributed by atoms with Crippen LogP contribution in [-0.4, -0.2) is 43.0 Å². The first-order chi connectivity index (χ1) is 13.1. The maximum atomic E-state index is 11.2. The van der Waals surface area contributed by atoms with Crippen LogP contribution in [0.25, 0.3) is 0 Å². The Morgan fingerprint density at radius 1 is 0.964 bits per heavy atom. The summed E-state index contributed by atoms with van der Waals surface area (Å²) in [5.74, 6) is -0.0784. The van der Waals surface area contributed by atoms with Crippen molar-refractivity contribution in [2.45, 2.75) is 69.9 Å². The normalized spacial score (nSPS) is 13.6. The molecule has 0 saturated carbocycles. The molecular weight excluding hydrogens is 360 g/mol. The maximum Gasteiger partial charge on any atom is 0.220 e. The van der Waals surface area contributed by atoms with Crippen molar-refractivity contribution in [3.63, 3.8) is 0 Å². The van der Waals surface area contributed by atoms with E-state index in [-0.39, 0.29) is 18.7 Å². The first-order valence-electron chi connectivity index (χ1n) is 9.28. The summed E-state index contributed by atoms with van der Waals surface area (Å²) in [6.45, 7) is 5.25. The number of nitrogens with two attached hydrogens (primary N) is 5. The zero-order valence-electron chi connectivity index (χ0n) is 17.2. The molecule has 2 unspecified atom stereocenters. The van der Waals surface area contributed by atoms with Crippen LogP contribution < -0.4 is 34.0 Å². The molecule has 0 saturated heterocycles. The summed E-state index contributed by atoms with van der Waals surface area (Å²) in [6, 6.07) is 4.01. The summed E-state index contributed by atoms with van der Waals surface area (Å²) >= 11 is 0. The number of hydrogen-bond acceptors (Lipinski definition) is 8. The lowest BCUT2D eigenvalue weighted by molar-refractivity contribution is -0.121. The Morgan fingerprint density at radius 3 is 1.86 bits per heavy atom. The summed E-state index contributed by atoms with van der Waals surface area (Å²) in [6.07, 6.45) is 5.54. The van der Waals surface area contributed by atoms with Gasteiger partial charge < -0.3 is 34.0 Å². The van der Waals surface area contributed by atoms with Gasteiger partial charge in [-0.05, 0) is 52.6 Å². The maximum absolute atomic E-state index is 11.2. The molecule has 0 spiro atoms. The second kappa shape index (κ2) is 19.5. The highest BCUT2D eigenvalue weighted by Crippen LogP contribution is 2.09. The van der Waals surface area contributed by atoms with Crippen LogP contribution in [-0.2, 0) is 9.59 Å². The molecule has 0 aromatic rings. The van der Waals surface area contributed by atoms with E-state index in [1.807, 2.05) is 6.07 Å². The number of primary amides is 1. The number of amides is 2. The highest BCUT2D eigenvalue weighted by molar-refractivity contribution is 5.75. The molecule has 2 amide bonds. The Bertz CT molecular complexity index is 481. The van der Waals surface area contributed by atoms with Crippen LogP contribution >= 0.6 is 0 Å². The van der Waals surface area contributed by atoms with Crippen LogP contribution in [0.5, 0.6) is 0 Å². The molecule has 0 aliphatic heterocycles. The van der Waals surface area contributed by atoms with Crippen molar-refractivity contribution in [2.75, 3.05) is 19.6 Å². The molecule has 10 heteroatoms. The number of nitrogens with one attached hydrogen (secondary N) is 1. The average Bonchev–Trinajstić information content (AvgIpc) is 2.65. The number of nitrogens with zero attached hydrogens (tertiary/aromatic N) is 2. The quantitative estimate of drug-likeness (QED) is 0.192. The van der Waals surface area contributed by atoms with Gasteiger partial charge in [-0.25, -0.2) is 0 Å². The lowest BCUT2D eigenvalue weighted by atomic mass is 9.97. The van der Waals surface area contributed by atoms with Crippen molar-refractivity contribution in [2.24, 2.45) is 28.7 Å². The van der Waals surface area contributed by atoms with Crippen LogP contribution in [0.3, 0.4) is 0 Å². The van der Waals surface area contributed by atoms with E-state index in [1.54, 1.807) is 13.8 Å². The van der Waals surface area contributed by atoms with Crippen molar-refractivity contribution >= 4 is 12.3 Å². The summed E-state index contributed by atoms with van der Waals surface area (Å²) in [5.41, 5.74) is 24.4. The zero-order chi connectivity index (χ0) is 22.5. The van der Waals surface area contributed by atoms with Gasteiger partial charge in [0.05, 0.1) is 12.1 Å². The molecule has 0 fully saturated rings. The topological polar surface area (TPSA) is 224 Å². The van der Waals surface area contributed by atoms with E-state index >= 15 is 0 Å². The molecule has 0 radical (unpaired) electrons. The van der Waals surface area contributed by atoms with Crippen LogP contribution in [0.15, 0.2) is 0 Å². The predicted octanol–water partition coefficient (Wildman–Crippen LogP) is -0.679. The fourth-order valence-corrected chi connectivity index (χ4v) is 1.72. The van der Waals surface area contributed by atoms with E-state index in [1.165, 1.54) is 0 Å². The predicted molar refractivity (Wildman–Crippen MR) is 110 cm³/mol. The zero-order valence-corrected chi connectivity index (χ0v) is 17.2. The Hall–Kier alpha value is -2.24. The number of carbonyl (C=O) groups excluding carboxylic acids is 2. The molecule has 0 aliphatic carbocycles. The van der Waals surface area contributed by atoms with Crippen molar-refractivity contribution in [3.05, 3.63) is 0 Å². The number of carbonyl (C=O) groups is 2. The largest absolute Gasteiger partial charge is 0.372 e. The molecule has 0 aliphatic rings. The molecule has 0 aromatic carbocycles. The van der Waals surface area contributed by atoms with E-state index in [2.05, 4.69) is 17.1 Å². The number of nitriles is 2. The minimum absolute atomic E-state index is 0.0784. The molecule has 0 aromatic heterocycles. The first-order valence-corrected chi connectivity index (χ1v) is 9.28. The van der Waals surface area contributed by atoms with Crippen LogP contribution in [0.1, 0.15) is 58.8 Å². The van der Waals surface area contributed by atoms with Gasteiger partial charge in [-0.3, -0.25) is 9.59 Å². The number of hydrogen-bond donors (Lipinski definition) is 6. The van der Waals surface area contributed by atoms with E-state index in [0.717, 1.165) is 38.6 Å². The third-order valence-corrected chi connectivity index (χ3v) is 3.49. The molecule has 0 heterocycles. The summed E-state index contributed by atoms with van der Waals surface area (Å²) in [4.78, 5) is 19.7. The van der Waals surface area contributed by atoms with Crippen molar-refractivity contribution in [1.82, 2.24) is 5.32 Å². The van der Waals surface area contributed by atoms with Gasteiger partial charge in [0.1, 0.15) is 11.1 Å². The van der Waals surface area contributed by atoms with Gasteiger partial charge >= 0.3 is 0 Å². The SMILES string of the molecule is CC(N)(C#N)CCC(=O)NCCCN.CC(N)(C#N)CCCCCN.NC=O. The third-order valence-electron chi connectivity index (χ3n) is 3.49. The fraction of sp³-hybridized carbons (Fsp3) is 0.778. The van der Waals surface area contributed by atoms with E-state index in [0.29, 0.717) is 19.5 Å². The molecule has 2 atom stereocenters. The molecule has 0 rings (SSSR count). The highest BCUT2D eigenvalue weighted by Gasteiger charge is 2.18. The van der Waals surface area contributed by atoms with Crippen molar-refractivity contribution in [3.8, 4) is 12.1 Å². The van der Waals surface area contributed by atoms with E-state index < -0.39 is 11.1 Å². The fourth-order valence-electron chi connectivity index (χ4n) is 1.72. The summed E-state index contributed by atoms with van der Waals surface area (Å²) in [5, 5.41) is 19.8. The third kappa shape index (κ3) is 26.0. The molecular formula is C18H38N8O2. The molecule has 28 heavy (non-hydrogen) atoms. The van der Waals surface area contributed by atoms with E-state index in [4.69, 9.17) is 38.3 Å². The number of unbranched alkanes of at least 4 members (excludes halogenated alkanes) is 2. The van der Waals surface area contributed by atoms with Gasteiger partial charge in [0.25, 0.3) is 0 Å². The van der Waals surface area contributed by atoms with E-state index in [9.17, 15) is 4.79 Å². The van der Waals surface area contributed by atoms with Crippen LogP contribution in [0, 0.1) is 22.7 Å². The highest BCUT2D eigenvalue weighted by atomic mass is 16.1. The van der Waals surface area contributed by atoms with Gasteiger partial charge in [0, 0.05) is 13.0 Å². The lowest BCUT2D eigenvalue weighted by Gasteiger charge is -2.14. The van der Waals surface area contributed by atoms with Crippen LogP contribution in [0.4, 0.5) is 0 Å². The Labute approximate surface area is 168 Å². The molecule has 162 valence electrons. The van der Waals surface area contributed by atoms with Crippen LogP contribution in [0.2, 0.25) is 0 Å². The van der Waals surface area contributed by atoms with Gasteiger partial charge in [0.2, 0.25) is 12.3 Å². The van der Waals surface area contributed by atoms with Crippen molar-refractivity contribution in [1.29, 1.82) is 10.5 Å². The van der Waals surface area contributed by atoms with Gasteiger partial charge in [-0.15, -0.1) is 0 Å². The molecule has 11 N–H and O–H groups in total. The summed E-state index contributed by atoms with van der Waals surface area (Å²) in [7, 11) is 0. The van der Waals surface area contributed by atoms with Gasteiger partial charge in [-0.1, -0.05) is 12.8 Å². The summed E-state index contributed by atoms with van der Waals surface area (Å²) < 4.78 is 0. The molecule has 0 bridgehead atoms. The Balaban J connectivity index is -0.000000399. The second-order valence-electron chi connectivity index (χ2n) is 6.79. The van der Waals surface area contributed by atoms with Gasteiger partial charge in [-0.2, -0.15) is 10.5 Å². The standard InChI is InChI=1S/C9H18N4O.C8H17N3.CH3NO/c1-9(12,7-11)4-3-8(14)13-6-2-5-10;1-8(11,7-10)5-3-2-4-6-9;2-1-3/h2-6,10,12H2,1H3,(H,13,14);2-6,9,11H2,1H3;1H,(H2,2,3). The first kappa shape index (κ1) is 30.5. The second-order valence-corrected chi connectivity index (χ2v) is 6.79. The van der Waals surface area contributed by atoms with Gasteiger partial charge in [0.15, 0.2) is 0 Å². The smallest absolute Gasteiger partial charge is 0.220 e. The monoisotopic (exact) mass is 398 g/mol. The minimum atomic E-state index is -0.912. The minimum Gasteiger partial charge on any atom is -0.372 e. The Morgan fingerprint density at radius 2 is 1.43 bits per heavy atom. The Kier molecular flexibility index (Phi) is 21.3.